The molecule has 8 nitrogen and oxygen atoms in total. The van der Waals surface area contributed by atoms with E-state index < -0.39 is 53.2 Å². The maximum atomic E-state index is 15.4. The number of oxazole rings is 1. The number of hydrogen-bond acceptors (Lipinski definition) is 7. The van der Waals surface area contributed by atoms with E-state index in [2.05, 4.69) is 10.3 Å². The molecule has 162 valence electrons. The van der Waals surface area contributed by atoms with Gasteiger partial charge in [-0.2, -0.15) is 0 Å². The second-order valence-corrected chi connectivity index (χ2v) is 8.27. The van der Waals surface area contributed by atoms with Gasteiger partial charge in [-0.1, -0.05) is 0 Å². The lowest BCUT2D eigenvalue weighted by Crippen LogP contribution is -2.72. The van der Waals surface area contributed by atoms with E-state index in [9.17, 15) is 14.4 Å². The van der Waals surface area contributed by atoms with E-state index in [0.29, 0.717) is 0 Å². The maximum Gasteiger partial charge on any atom is 0.242 e. The van der Waals surface area contributed by atoms with Crippen molar-refractivity contribution in [3.05, 3.63) is 35.7 Å². The van der Waals surface area contributed by atoms with Gasteiger partial charge < -0.3 is 14.1 Å². The normalized spacial score (nSPS) is 30.3. The van der Waals surface area contributed by atoms with Gasteiger partial charge in [-0.25, -0.2) is 13.8 Å². The average Bonchev–Trinajstić information content (AvgIpc) is 3.22. The van der Waals surface area contributed by atoms with Gasteiger partial charge in [0.1, 0.15) is 11.7 Å². The first-order valence-corrected chi connectivity index (χ1v) is 9.94. The van der Waals surface area contributed by atoms with Gasteiger partial charge in [-0.15, -0.1) is 0 Å². The number of fused-ring (bicyclic) bond motifs is 4. The van der Waals surface area contributed by atoms with Crippen molar-refractivity contribution in [2.75, 3.05) is 11.4 Å². The number of Topliss-reactive ketones (excluding diaryl/α,β-unsaturated/α-hetero) is 1. The number of morpholine rings is 1. The van der Waals surface area contributed by atoms with Crippen LogP contribution in [0.4, 0.5) is 14.5 Å². The SMILES string of the molecule is C[C@@H]1CN2c3c(cc(-c4ncco4)c(F)c3F)CC3(C(=O)CC(=O)NC3=O)[C@H]2[C@H](C)O1. The number of ether oxygens (including phenoxy) is 1. The smallest absolute Gasteiger partial charge is 0.242 e. The molecule has 1 N–H and O–H groups in total. The predicted molar refractivity (Wildman–Crippen MR) is 102 cm³/mol. The van der Waals surface area contributed by atoms with Gasteiger partial charge in [0, 0.05) is 6.54 Å². The first kappa shape index (κ1) is 19.8. The summed E-state index contributed by atoms with van der Waals surface area (Å²) in [6, 6.07) is 0.470. The summed E-state index contributed by atoms with van der Waals surface area (Å²) >= 11 is 0. The average molecular weight is 431 g/mol. The fourth-order valence-corrected chi connectivity index (χ4v) is 5.25. The molecule has 31 heavy (non-hydrogen) atoms. The van der Waals surface area contributed by atoms with Gasteiger partial charge in [-0.3, -0.25) is 19.7 Å². The van der Waals surface area contributed by atoms with E-state index in [1.807, 2.05) is 0 Å². The van der Waals surface area contributed by atoms with Crippen molar-refractivity contribution in [2.24, 2.45) is 5.41 Å². The minimum absolute atomic E-state index is 0.0112. The van der Waals surface area contributed by atoms with Crippen molar-refractivity contribution in [2.45, 2.75) is 44.9 Å². The molecule has 2 aromatic rings. The Morgan fingerprint density at radius 1 is 1.23 bits per heavy atom. The molecule has 3 aliphatic heterocycles. The van der Waals surface area contributed by atoms with E-state index in [-0.39, 0.29) is 41.8 Å². The number of hydrogen-bond donors (Lipinski definition) is 1. The van der Waals surface area contributed by atoms with Crippen LogP contribution >= 0.6 is 0 Å². The Hall–Kier alpha value is -3.14. The third kappa shape index (κ3) is 2.67. The second kappa shape index (κ2) is 6.68. The number of amides is 2. The number of benzene rings is 1. The highest BCUT2D eigenvalue weighted by molar-refractivity contribution is 6.22. The molecule has 1 unspecified atom stereocenters. The number of carbonyl (C=O) groups excluding carboxylic acids is 3. The van der Waals surface area contributed by atoms with Crippen molar-refractivity contribution in [1.82, 2.24) is 10.3 Å². The summed E-state index contributed by atoms with van der Waals surface area (Å²) in [5.74, 6) is -4.34. The standard InChI is InChI=1S/C21H19F2N3O5/c1-9-8-26-17-11(5-12(15(22)16(17)23)19-24-3-4-30-19)7-21(18(26)10(2)31-9)13(27)6-14(28)25-20(21)29/h3-5,9-10,18H,6-8H2,1-2H3,(H,25,28,29)/t9-,10+,18-,21?/m1/s1. The first-order valence-electron chi connectivity index (χ1n) is 9.94. The van der Waals surface area contributed by atoms with Gasteiger partial charge in [0.05, 0.1) is 42.1 Å². The van der Waals surface area contributed by atoms with E-state index >= 15 is 8.78 Å². The molecule has 2 fully saturated rings. The zero-order valence-electron chi connectivity index (χ0n) is 16.8. The number of aromatic nitrogens is 1. The third-order valence-corrected chi connectivity index (χ3v) is 6.34. The van der Waals surface area contributed by atoms with Crippen LogP contribution in [0.15, 0.2) is 22.9 Å². The number of carbonyl (C=O) groups is 3. The molecule has 0 aliphatic carbocycles. The molecule has 5 rings (SSSR count). The number of nitrogens with zero attached hydrogens (tertiary/aromatic N) is 2. The molecular formula is C21H19F2N3O5. The minimum Gasteiger partial charge on any atom is -0.444 e. The molecule has 1 aromatic heterocycles. The fraction of sp³-hybridized carbons (Fsp3) is 0.429. The summed E-state index contributed by atoms with van der Waals surface area (Å²) in [6.45, 7) is 3.61. The summed E-state index contributed by atoms with van der Waals surface area (Å²) in [4.78, 5) is 43.6. The minimum atomic E-state index is -1.67. The Morgan fingerprint density at radius 2 is 2.00 bits per heavy atom. The lowest BCUT2D eigenvalue weighted by atomic mass is 9.63. The lowest BCUT2D eigenvalue weighted by Gasteiger charge is -2.55. The van der Waals surface area contributed by atoms with Crippen molar-refractivity contribution in [3.8, 4) is 11.5 Å². The van der Waals surface area contributed by atoms with Gasteiger partial charge in [0.15, 0.2) is 17.4 Å². The van der Waals surface area contributed by atoms with Crippen LogP contribution in [0.25, 0.3) is 11.5 Å². The number of ketones is 1. The summed E-state index contributed by atoms with van der Waals surface area (Å²) < 4.78 is 41.4. The molecule has 2 amide bonds. The summed E-state index contributed by atoms with van der Waals surface area (Å²) in [6.07, 6.45) is 0.871. The molecule has 10 heteroatoms. The zero-order valence-corrected chi connectivity index (χ0v) is 16.8. The Labute approximate surface area is 175 Å². The van der Waals surface area contributed by atoms with Crippen LogP contribution in [0.5, 0.6) is 0 Å². The Balaban J connectivity index is 1.76. The largest absolute Gasteiger partial charge is 0.444 e. The number of anilines is 1. The lowest BCUT2D eigenvalue weighted by molar-refractivity contribution is -0.158. The number of piperidine rings is 1. The molecule has 1 aromatic carbocycles. The van der Waals surface area contributed by atoms with Crippen LogP contribution in [0.1, 0.15) is 25.8 Å². The third-order valence-electron chi connectivity index (χ3n) is 6.34. The van der Waals surface area contributed by atoms with Crippen molar-refractivity contribution in [1.29, 1.82) is 0 Å². The molecule has 4 atom stereocenters. The monoisotopic (exact) mass is 431 g/mol. The zero-order chi connectivity index (χ0) is 22.1. The van der Waals surface area contributed by atoms with Crippen LogP contribution in [0, 0.1) is 17.0 Å². The van der Waals surface area contributed by atoms with Crippen molar-refractivity contribution < 1.29 is 32.3 Å². The molecule has 0 radical (unpaired) electrons. The number of nitrogens with one attached hydrogen (secondary N) is 1. The molecule has 3 aliphatic rings. The van der Waals surface area contributed by atoms with Gasteiger partial charge in [0.2, 0.25) is 17.7 Å². The highest BCUT2D eigenvalue weighted by Crippen LogP contribution is 2.49. The van der Waals surface area contributed by atoms with Crippen LogP contribution in [0.2, 0.25) is 0 Å². The van der Waals surface area contributed by atoms with E-state index in [4.69, 9.17) is 9.15 Å². The molecule has 2 saturated heterocycles. The maximum absolute atomic E-state index is 15.4. The molecular weight excluding hydrogens is 412 g/mol. The Bertz CT molecular complexity index is 1100. The molecule has 4 heterocycles. The second-order valence-electron chi connectivity index (χ2n) is 8.27. The summed E-state index contributed by atoms with van der Waals surface area (Å²) in [7, 11) is 0. The highest BCUT2D eigenvalue weighted by Gasteiger charge is 2.62. The van der Waals surface area contributed by atoms with Crippen molar-refractivity contribution >= 4 is 23.3 Å². The summed E-state index contributed by atoms with van der Waals surface area (Å²) in [5.41, 5.74) is -1.62. The van der Waals surface area contributed by atoms with Gasteiger partial charge in [-0.05, 0) is 31.9 Å². The topological polar surface area (TPSA) is 102 Å². The van der Waals surface area contributed by atoms with E-state index in [1.54, 1.807) is 18.7 Å². The van der Waals surface area contributed by atoms with Crippen LogP contribution in [0.3, 0.4) is 0 Å². The van der Waals surface area contributed by atoms with Crippen LogP contribution < -0.4 is 10.2 Å². The highest BCUT2D eigenvalue weighted by atomic mass is 19.2. The van der Waals surface area contributed by atoms with E-state index in [0.717, 1.165) is 0 Å². The van der Waals surface area contributed by atoms with Crippen molar-refractivity contribution in [3.63, 3.8) is 0 Å². The quantitative estimate of drug-likeness (QED) is 0.542. The first-order chi connectivity index (χ1) is 14.7. The predicted octanol–water partition coefficient (Wildman–Crippen LogP) is 1.76. The number of halogens is 2. The fourth-order valence-electron chi connectivity index (χ4n) is 5.25. The Kier molecular flexibility index (Phi) is 4.27. The number of rotatable bonds is 1. The van der Waals surface area contributed by atoms with Crippen LogP contribution in [-0.4, -0.2) is 47.4 Å². The van der Waals surface area contributed by atoms with Gasteiger partial charge in [0.25, 0.3) is 0 Å². The number of imide groups is 1. The molecule has 0 bridgehead atoms. The van der Waals surface area contributed by atoms with Gasteiger partial charge >= 0.3 is 0 Å². The molecule has 1 spiro atoms. The van der Waals surface area contributed by atoms with Crippen LogP contribution in [-0.2, 0) is 25.5 Å². The summed E-state index contributed by atoms with van der Waals surface area (Å²) in [5, 5.41) is 2.25. The Morgan fingerprint density at radius 3 is 2.68 bits per heavy atom. The van der Waals surface area contributed by atoms with E-state index in [1.165, 1.54) is 18.5 Å². The molecule has 0 saturated carbocycles.